The highest BCUT2D eigenvalue weighted by Gasteiger charge is 2.35. The average Bonchev–Trinajstić information content (AvgIpc) is 2.07. The maximum atomic E-state index is 12.0. The van der Waals surface area contributed by atoms with Crippen molar-refractivity contribution in [2.24, 2.45) is 5.73 Å². The summed E-state index contributed by atoms with van der Waals surface area (Å²) in [5.41, 5.74) is 4.37. The molecule has 0 heterocycles. The van der Waals surface area contributed by atoms with Crippen molar-refractivity contribution in [3.05, 3.63) is 0 Å². The predicted molar refractivity (Wildman–Crippen MR) is 58.3 cm³/mol. The second-order valence-corrected chi connectivity index (χ2v) is 4.98. The Morgan fingerprint density at radius 1 is 1.24 bits per heavy atom. The molecule has 0 aromatic carbocycles. The molecule has 0 saturated carbocycles. The largest absolute Gasteiger partial charge is 0.460 e. The van der Waals surface area contributed by atoms with Gasteiger partial charge in [0.25, 0.3) is 0 Å². The topological polar surface area (TPSA) is 52.3 Å². The lowest BCUT2D eigenvalue weighted by molar-refractivity contribution is -0.155. The molecule has 0 bridgehead atoms. The zero-order valence-corrected chi connectivity index (χ0v) is 10.4. The van der Waals surface area contributed by atoms with Gasteiger partial charge in [-0.25, -0.2) is 0 Å². The highest BCUT2D eigenvalue weighted by atomic mass is 19.4. The van der Waals surface area contributed by atoms with E-state index < -0.39 is 23.8 Å². The van der Waals surface area contributed by atoms with E-state index in [9.17, 15) is 18.0 Å². The molecule has 0 aromatic rings. The fraction of sp³-hybridized carbons (Fsp3) is 0.909. The highest BCUT2D eigenvalue weighted by Crippen LogP contribution is 2.22. The number of hydrogen-bond acceptors (Lipinski definition) is 3. The number of alkyl halides is 3. The molecule has 1 atom stereocenters. The molecule has 2 N–H and O–H groups in total. The number of ether oxygens (including phenoxy) is 1. The number of halogens is 3. The predicted octanol–water partition coefficient (Wildman–Crippen LogP) is 2.78. The number of hydrogen-bond donors (Lipinski definition) is 1. The van der Waals surface area contributed by atoms with Gasteiger partial charge in [0.2, 0.25) is 0 Å². The number of unbranched alkanes of at least 4 members (excludes halogenated alkanes) is 1. The van der Waals surface area contributed by atoms with Crippen LogP contribution in [-0.4, -0.2) is 23.8 Å². The number of rotatable bonds is 5. The summed E-state index contributed by atoms with van der Waals surface area (Å²) < 4.78 is 41.1. The summed E-state index contributed by atoms with van der Waals surface area (Å²) >= 11 is 0. The Bertz CT molecular complexity index is 246. The molecular formula is C11H20F3NO2. The molecule has 6 heteroatoms. The Morgan fingerprint density at radius 2 is 1.76 bits per heavy atom. The minimum absolute atomic E-state index is 0.127. The Kier molecular flexibility index (Phi) is 5.95. The second kappa shape index (κ2) is 6.23. The lowest BCUT2D eigenvalue weighted by Crippen LogP contribution is -2.37. The van der Waals surface area contributed by atoms with Crippen molar-refractivity contribution in [2.75, 3.05) is 0 Å². The SMILES string of the molecule is CC(C)(C)OC(=O)CCCCC(N)C(F)(F)F. The summed E-state index contributed by atoms with van der Waals surface area (Å²) in [4.78, 5) is 11.2. The van der Waals surface area contributed by atoms with Crippen LogP contribution in [0.2, 0.25) is 0 Å². The van der Waals surface area contributed by atoms with Crippen LogP contribution in [0.1, 0.15) is 46.5 Å². The minimum atomic E-state index is -4.36. The van der Waals surface area contributed by atoms with E-state index in [0.29, 0.717) is 6.42 Å². The molecule has 0 aliphatic rings. The maximum absolute atomic E-state index is 12.0. The molecular weight excluding hydrogens is 235 g/mol. The zero-order valence-electron chi connectivity index (χ0n) is 10.4. The first kappa shape index (κ1) is 16.2. The van der Waals surface area contributed by atoms with Gasteiger partial charge in [-0.3, -0.25) is 4.79 Å². The second-order valence-electron chi connectivity index (χ2n) is 4.98. The molecule has 102 valence electrons. The molecule has 0 spiro atoms. The van der Waals surface area contributed by atoms with Gasteiger partial charge in [0.15, 0.2) is 0 Å². The van der Waals surface area contributed by atoms with Gasteiger partial charge in [0, 0.05) is 6.42 Å². The van der Waals surface area contributed by atoms with E-state index in [1.165, 1.54) is 0 Å². The molecule has 0 radical (unpaired) electrons. The molecule has 0 aliphatic heterocycles. The Labute approximate surface area is 99.5 Å². The van der Waals surface area contributed by atoms with Gasteiger partial charge in [0.05, 0.1) is 0 Å². The normalized spacial score (nSPS) is 14.5. The van der Waals surface area contributed by atoms with Gasteiger partial charge in [-0.15, -0.1) is 0 Å². The smallest absolute Gasteiger partial charge is 0.403 e. The zero-order chi connectivity index (χ0) is 13.7. The number of carbonyl (C=O) groups excluding carboxylic acids is 1. The summed E-state index contributed by atoms with van der Waals surface area (Å²) in [7, 11) is 0. The van der Waals surface area contributed by atoms with E-state index in [-0.39, 0.29) is 19.3 Å². The van der Waals surface area contributed by atoms with Crippen LogP contribution in [0.15, 0.2) is 0 Å². The fourth-order valence-corrected chi connectivity index (χ4v) is 1.19. The quantitative estimate of drug-likeness (QED) is 0.607. The molecule has 17 heavy (non-hydrogen) atoms. The van der Waals surface area contributed by atoms with Crippen molar-refractivity contribution >= 4 is 5.97 Å². The van der Waals surface area contributed by atoms with Gasteiger partial charge < -0.3 is 10.5 Å². The number of nitrogens with two attached hydrogens (primary N) is 1. The Balaban J connectivity index is 3.69. The summed E-state index contributed by atoms with van der Waals surface area (Å²) in [5, 5.41) is 0. The van der Waals surface area contributed by atoms with E-state index in [4.69, 9.17) is 10.5 Å². The third-order valence-corrected chi connectivity index (χ3v) is 1.99. The van der Waals surface area contributed by atoms with Gasteiger partial charge in [0.1, 0.15) is 11.6 Å². The molecule has 0 aromatic heterocycles. The minimum Gasteiger partial charge on any atom is -0.460 e. The van der Waals surface area contributed by atoms with E-state index in [1.54, 1.807) is 20.8 Å². The van der Waals surface area contributed by atoms with E-state index >= 15 is 0 Å². The van der Waals surface area contributed by atoms with Crippen LogP contribution in [0, 0.1) is 0 Å². The van der Waals surface area contributed by atoms with Crippen molar-refractivity contribution < 1.29 is 22.7 Å². The number of esters is 1. The van der Waals surface area contributed by atoms with Gasteiger partial charge in [-0.1, -0.05) is 6.42 Å². The van der Waals surface area contributed by atoms with Gasteiger partial charge in [-0.2, -0.15) is 13.2 Å². The fourth-order valence-electron chi connectivity index (χ4n) is 1.19. The third-order valence-electron chi connectivity index (χ3n) is 1.99. The summed E-state index contributed by atoms with van der Waals surface area (Å²) in [5.74, 6) is -0.391. The first-order valence-electron chi connectivity index (χ1n) is 5.56. The van der Waals surface area contributed by atoms with Crippen molar-refractivity contribution in [1.29, 1.82) is 0 Å². The molecule has 0 rings (SSSR count). The molecule has 3 nitrogen and oxygen atoms in total. The Morgan fingerprint density at radius 3 is 2.18 bits per heavy atom. The van der Waals surface area contributed by atoms with Crippen molar-refractivity contribution in [2.45, 2.75) is 64.3 Å². The van der Waals surface area contributed by atoms with E-state index in [0.717, 1.165) is 0 Å². The number of carbonyl (C=O) groups is 1. The van der Waals surface area contributed by atoms with Crippen LogP contribution in [0.3, 0.4) is 0 Å². The average molecular weight is 255 g/mol. The lowest BCUT2D eigenvalue weighted by Gasteiger charge is -2.19. The van der Waals surface area contributed by atoms with E-state index in [1.807, 2.05) is 0 Å². The molecule has 0 amide bonds. The van der Waals surface area contributed by atoms with Crippen LogP contribution in [0.25, 0.3) is 0 Å². The summed E-state index contributed by atoms with van der Waals surface area (Å²) in [6, 6.07) is -1.80. The lowest BCUT2D eigenvalue weighted by atomic mass is 10.1. The third kappa shape index (κ3) is 8.97. The van der Waals surface area contributed by atoms with Crippen molar-refractivity contribution in [3.63, 3.8) is 0 Å². The molecule has 0 fully saturated rings. The van der Waals surface area contributed by atoms with Crippen LogP contribution in [0.4, 0.5) is 13.2 Å². The van der Waals surface area contributed by atoms with Crippen LogP contribution in [0.5, 0.6) is 0 Å². The van der Waals surface area contributed by atoms with Crippen molar-refractivity contribution in [1.82, 2.24) is 0 Å². The summed E-state index contributed by atoms with van der Waals surface area (Å²) in [6.45, 7) is 5.22. The van der Waals surface area contributed by atoms with Gasteiger partial charge in [-0.05, 0) is 33.6 Å². The van der Waals surface area contributed by atoms with Crippen LogP contribution in [-0.2, 0) is 9.53 Å². The monoisotopic (exact) mass is 255 g/mol. The molecule has 0 aliphatic carbocycles. The summed E-state index contributed by atoms with van der Waals surface area (Å²) in [6.07, 6.45) is -3.77. The first-order valence-corrected chi connectivity index (χ1v) is 5.56. The van der Waals surface area contributed by atoms with Crippen LogP contribution >= 0.6 is 0 Å². The van der Waals surface area contributed by atoms with Gasteiger partial charge >= 0.3 is 12.1 Å². The first-order chi connectivity index (χ1) is 7.52. The molecule has 0 saturated heterocycles. The highest BCUT2D eigenvalue weighted by molar-refractivity contribution is 5.69. The van der Waals surface area contributed by atoms with Crippen LogP contribution < -0.4 is 5.73 Å². The van der Waals surface area contributed by atoms with E-state index in [2.05, 4.69) is 0 Å². The Hall–Kier alpha value is -0.780. The van der Waals surface area contributed by atoms with Crippen molar-refractivity contribution in [3.8, 4) is 0 Å². The standard InChI is InChI=1S/C11H20F3NO2/c1-10(2,3)17-9(16)7-5-4-6-8(15)11(12,13)14/h8H,4-7,15H2,1-3H3. The maximum Gasteiger partial charge on any atom is 0.403 e. The molecule has 1 unspecified atom stereocenters.